The Bertz CT molecular complexity index is 4880. The SMILES string of the molecule is Cc1cc[c-]cc1.Cc1ccc(-c2c(F)c(F)c(-c3c(F)c(F)c(-c4ccc(C)cc4)c(F)c3F)c(F)c2F)cc1.Cc1ccc(Br)cc1.Fc1c(F)c(-c2c(F)c(F)c(-c3ccc(CBr)cc3)c(F)c2F)c(F)c(F)c1-c1ccc(CBr)cc1.Fc1c(F)c(F)c(-c2c(F)c(F)c(F)c(F)c2F)c(F)c1F.[Br-].[H-].[H-].[Mg+2].[Mg+2]. The first kappa shape index (κ1) is 92.9. The van der Waals surface area contributed by atoms with E-state index < -0.39 is 207 Å². The Morgan fingerprint density at radius 2 is 0.364 bits per heavy atom. The van der Waals surface area contributed by atoms with Crippen LogP contribution in [0.15, 0.2) is 150 Å². The molecule has 0 aromatic heterocycles. The molecule has 0 bridgehead atoms. The minimum Gasteiger partial charge on any atom is -1.00 e. The van der Waals surface area contributed by atoms with Gasteiger partial charge in [-0.05, 0) is 66.3 Å². The van der Waals surface area contributed by atoms with Gasteiger partial charge in [-0.15, -0.1) is 0 Å². The Balaban J connectivity index is 0.000000395. The van der Waals surface area contributed by atoms with Gasteiger partial charge in [0, 0.05) is 15.1 Å². The summed E-state index contributed by atoms with van der Waals surface area (Å²) in [5, 5.41) is 0.790. The van der Waals surface area contributed by atoms with Gasteiger partial charge in [0.05, 0.1) is 55.6 Å². The van der Waals surface area contributed by atoms with Crippen LogP contribution in [0.4, 0.5) is 114 Å². The molecule has 0 atom stereocenters. The van der Waals surface area contributed by atoms with E-state index in [0.717, 1.165) is 4.47 Å². The predicted octanol–water partition coefficient (Wildman–Crippen LogP) is 23.8. The van der Waals surface area contributed by atoms with Crippen LogP contribution in [0.5, 0.6) is 0 Å². The normalized spacial score (nSPS) is 10.6. The zero-order chi connectivity index (χ0) is 79.2. The Hall–Kier alpha value is -7.73. The molecule has 0 N–H and O–H groups in total. The number of aryl methyl sites for hydroxylation is 4. The fourth-order valence-electron chi connectivity index (χ4n) is 10.0. The minimum absolute atomic E-state index is 0. The minimum atomic E-state index is -2.68. The van der Waals surface area contributed by atoms with E-state index in [1.807, 2.05) is 36.4 Å². The summed E-state index contributed by atoms with van der Waals surface area (Å²) in [4.78, 5) is 0. The van der Waals surface area contributed by atoms with Gasteiger partial charge in [-0.25, -0.2) is 114 Å². The van der Waals surface area contributed by atoms with Gasteiger partial charge in [0.15, 0.2) is 140 Å². The van der Waals surface area contributed by atoms with Crippen LogP contribution in [0.1, 0.15) is 36.2 Å². The van der Waals surface area contributed by atoms with Crippen molar-refractivity contribution >= 4 is 93.9 Å². The quantitative estimate of drug-likeness (QED) is 0.0337. The molecule has 0 spiro atoms. The van der Waals surface area contributed by atoms with Crippen LogP contribution in [0, 0.1) is 185 Å². The van der Waals surface area contributed by atoms with Gasteiger partial charge in [-0.1, -0.05) is 181 Å². The van der Waals surface area contributed by atoms with Crippen molar-refractivity contribution in [2.75, 3.05) is 0 Å². The average Bonchev–Trinajstić information content (AvgIpc) is 0.715. The second-order valence-corrected chi connectivity index (χ2v) is 24.7. The van der Waals surface area contributed by atoms with Crippen molar-refractivity contribution < 1.29 is 134 Å². The summed E-state index contributed by atoms with van der Waals surface area (Å²) in [7, 11) is 0. The molecule has 0 saturated carbocycles. The van der Waals surface area contributed by atoms with Gasteiger partial charge in [0.25, 0.3) is 0 Å². The molecule has 0 aliphatic heterocycles. The predicted molar refractivity (Wildman–Crippen MR) is 374 cm³/mol. The first-order valence-electron chi connectivity index (χ1n) is 30.0. The molecule has 0 radical (unpaired) electrons. The monoisotopic (exact) mass is 1840 g/mol. The second-order valence-electron chi connectivity index (χ2n) is 22.7. The molecule has 0 fully saturated rings. The molecule has 0 aliphatic rings. The van der Waals surface area contributed by atoms with Gasteiger partial charge < -0.3 is 19.8 Å². The van der Waals surface area contributed by atoms with Crippen molar-refractivity contribution in [2.45, 2.75) is 38.4 Å². The molecule has 0 unspecified atom stereocenters. The van der Waals surface area contributed by atoms with Gasteiger partial charge in [0.2, 0.25) is 11.6 Å². The van der Waals surface area contributed by atoms with Gasteiger partial charge in [-0.3, -0.25) is 0 Å². The number of halogens is 30. The Morgan fingerprint density at radius 1 is 0.218 bits per heavy atom. The maximum absolute atomic E-state index is 15.0. The van der Waals surface area contributed by atoms with Gasteiger partial charge in [-0.2, -0.15) is 35.9 Å². The fraction of sp³-hybridized carbons (Fsp3) is 0.0769. The molecule has 12 aromatic carbocycles. The van der Waals surface area contributed by atoms with Crippen LogP contribution in [0.3, 0.4) is 0 Å². The van der Waals surface area contributed by atoms with Crippen molar-refractivity contribution in [2.24, 2.45) is 0 Å². The zero-order valence-electron chi connectivity index (χ0n) is 58.0. The first-order valence-corrected chi connectivity index (χ1v) is 33.1. The van der Waals surface area contributed by atoms with E-state index >= 15 is 0 Å². The Labute approximate surface area is 679 Å². The summed E-state index contributed by atoms with van der Waals surface area (Å²) >= 11 is 9.70. The maximum atomic E-state index is 15.0. The second kappa shape index (κ2) is 39.6. The summed E-state index contributed by atoms with van der Waals surface area (Å²) < 4.78 is 371. The third-order valence-electron chi connectivity index (χ3n) is 15.6. The molecule has 12 rings (SSSR count). The zero-order valence-corrected chi connectivity index (χ0v) is 65.2. The van der Waals surface area contributed by atoms with Crippen LogP contribution in [-0.2, 0) is 10.7 Å². The molecule has 32 heteroatoms. The van der Waals surface area contributed by atoms with E-state index in [1.54, 1.807) is 13.8 Å². The Kier molecular flexibility index (Phi) is 33.5. The summed E-state index contributed by atoms with van der Waals surface area (Å²) in [6, 6.07) is 39.9. The van der Waals surface area contributed by atoms with Crippen molar-refractivity contribution in [1.29, 1.82) is 0 Å². The van der Waals surface area contributed by atoms with Crippen LogP contribution >= 0.6 is 47.8 Å². The van der Waals surface area contributed by atoms with E-state index in [0.29, 0.717) is 32.9 Å². The van der Waals surface area contributed by atoms with Crippen molar-refractivity contribution in [3.63, 3.8) is 0 Å². The van der Waals surface area contributed by atoms with Crippen molar-refractivity contribution in [3.8, 4) is 77.9 Å². The van der Waals surface area contributed by atoms with Crippen molar-refractivity contribution in [3.05, 3.63) is 341 Å². The number of alkyl halides is 2. The molecular weight excluding hydrogens is 1800 g/mol. The van der Waals surface area contributed by atoms with Crippen molar-refractivity contribution in [1.82, 2.24) is 0 Å². The van der Waals surface area contributed by atoms with Gasteiger partial charge >= 0.3 is 46.1 Å². The molecule has 12 aromatic rings. The van der Waals surface area contributed by atoms with E-state index in [1.165, 1.54) is 108 Å². The van der Waals surface area contributed by atoms with E-state index in [-0.39, 0.29) is 88.2 Å². The number of hydrogen-bond acceptors (Lipinski definition) is 0. The summed E-state index contributed by atoms with van der Waals surface area (Å²) in [6.07, 6.45) is 0. The van der Waals surface area contributed by atoms with Crippen LogP contribution in [0.2, 0.25) is 0 Å². The van der Waals surface area contributed by atoms with Crippen LogP contribution < -0.4 is 17.0 Å². The molecular formula is C78H42Br4F26Mg2. The number of benzene rings is 12. The third kappa shape index (κ3) is 19.3. The number of hydrogen-bond donors (Lipinski definition) is 0. The number of rotatable bonds is 9. The molecule has 0 nitrogen and oxygen atoms in total. The van der Waals surface area contributed by atoms with Gasteiger partial charge in [0.1, 0.15) is 0 Å². The maximum Gasteiger partial charge on any atom is 2.00 e. The topological polar surface area (TPSA) is 0 Å². The Morgan fingerprint density at radius 3 is 0.527 bits per heavy atom. The third-order valence-corrected chi connectivity index (χ3v) is 17.4. The molecule has 0 aliphatic carbocycles. The van der Waals surface area contributed by atoms with Crippen LogP contribution in [0.25, 0.3) is 77.9 Å². The molecule has 0 heterocycles. The smallest absolute Gasteiger partial charge is 1.00 e. The van der Waals surface area contributed by atoms with E-state index in [2.05, 4.69) is 79.8 Å². The van der Waals surface area contributed by atoms with Crippen LogP contribution in [-0.4, -0.2) is 46.1 Å². The average molecular weight is 1840 g/mol. The standard InChI is InChI=1S/C26H12Br2F8.C26H14F8.C12F10.C7H7Br.C7H7.BrH.2Mg.2H/c27-9-11-1-5-13(6-2-11)15-19(29)23(33)17(24(34)20(15)30)18-25(35)21(31)16(22(32)26(18)36)14-7-3-12(10-28)4-8-14;1-11-3-7-13(8-4-11)15-19(27)23(31)17(24(32)20(15)28)18-25(33)21(29)16(22(30)26(18)34)14-9-5-12(2)6-10-14;13-3-1(4(14)8(18)11(21)7(3)17)2-5(15)9(19)12(22)10(20)6(2)16;1-6-2-4-7(8)5-3-6;1-7-5-3-2-4-6-7;;;;;/h1-8H,9-10H2;3-10H,1-2H3;;2-5H,1H3;3-6H,1H3;1H;;;;/q;;;;-1;;2*+2;2*-1/p-1. The summed E-state index contributed by atoms with van der Waals surface area (Å²) in [5.41, 5.74) is -12.3. The van der Waals surface area contributed by atoms with E-state index in [4.69, 9.17) is 0 Å². The molecule has 568 valence electrons. The summed E-state index contributed by atoms with van der Waals surface area (Å²) in [6.45, 7) is 7.46. The first-order chi connectivity index (χ1) is 50.4. The molecule has 110 heavy (non-hydrogen) atoms. The van der Waals surface area contributed by atoms with E-state index in [9.17, 15) is 114 Å². The largest absolute Gasteiger partial charge is 2.00 e. The fourth-order valence-corrected chi connectivity index (χ4v) is 11.0. The molecule has 0 saturated heterocycles. The summed E-state index contributed by atoms with van der Waals surface area (Å²) in [5.74, 6) is -60.1. The molecule has 0 amide bonds.